The van der Waals surface area contributed by atoms with Gasteiger partial charge in [0.1, 0.15) is 29.3 Å². The highest BCUT2D eigenvalue weighted by atomic mass is 16.6. The van der Waals surface area contributed by atoms with E-state index in [0.717, 1.165) is 37.7 Å². The average molecular weight is 641 g/mol. The molecule has 1 aliphatic carbocycles. The Morgan fingerprint density at radius 3 is 2.37 bits per heavy atom. The van der Waals surface area contributed by atoms with Crippen LogP contribution in [-0.2, 0) is 36.8 Å². The molecular weight excluding hydrogens is 592 g/mol. The number of nitrogens with zero attached hydrogens (tertiary/aromatic N) is 2. The van der Waals surface area contributed by atoms with Crippen molar-refractivity contribution in [2.45, 2.75) is 127 Å². The Hall–Kier alpha value is -3.83. The molecule has 0 unspecified atom stereocenters. The summed E-state index contributed by atoms with van der Waals surface area (Å²) in [6, 6.07) is 5.89. The molecule has 0 aromatic heterocycles. The monoisotopic (exact) mass is 640 g/mol. The van der Waals surface area contributed by atoms with Crippen molar-refractivity contribution < 1.29 is 38.6 Å². The van der Waals surface area contributed by atoms with Gasteiger partial charge in [0.25, 0.3) is 0 Å². The third kappa shape index (κ3) is 7.93. The third-order valence-electron chi connectivity index (χ3n) is 9.62. The number of carbonyl (C=O) groups excluding carboxylic acids is 4. The van der Waals surface area contributed by atoms with E-state index >= 15 is 0 Å². The standard InChI is InChI=1S/C34H48N4O8/c1-33(2,3)46-31(43)35-26-15-9-7-5-4-6-8-14-24-19-34(24,30(41)42)36-28(39)27-18-25(21-38(27)29(26)40)45-32(44)37-17-16-22-12-10-11-13-23(22)20-37/h10-13,24-27H,4-9,14-21H2,1-3H3,(H,35,43)(H,36,39)(H,41,42)/t24-,25+,26-,27-,34+/m0/s1. The number of hydrogen-bond donors (Lipinski definition) is 3. The highest BCUT2D eigenvalue weighted by Gasteiger charge is 2.62. The highest BCUT2D eigenvalue weighted by molar-refractivity contribution is 5.96. The predicted molar refractivity (Wildman–Crippen MR) is 168 cm³/mol. The number of hydrogen-bond acceptors (Lipinski definition) is 7. The summed E-state index contributed by atoms with van der Waals surface area (Å²) in [6.07, 6.45) is 5.41. The van der Waals surface area contributed by atoms with Gasteiger partial charge in [-0.15, -0.1) is 0 Å². The van der Waals surface area contributed by atoms with Crippen LogP contribution in [0.1, 0.15) is 96.1 Å². The molecule has 1 aromatic carbocycles. The number of ether oxygens (including phenoxy) is 2. The van der Waals surface area contributed by atoms with E-state index in [2.05, 4.69) is 10.6 Å². The Bertz CT molecular complexity index is 1330. The van der Waals surface area contributed by atoms with Crippen LogP contribution in [0.5, 0.6) is 0 Å². The van der Waals surface area contributed by atoms with Gasteiger partial charge in [-0.2, -0.15) is 0 Å². The van der Waals surface area contributed by atoms with E-state index < -0.39 is 59.3 Å². The molecule has 3 heterocycles. The first-order chi connectivity index (χ1) is 21.9. The summed E-state index contributed by atoms with van der Waals surface area (Å²) in [5.74, 6) is -2.34. The molecule has 12 nitrogen and oxygen atoms in total. The molecule has 2 saturated heterocycles. The van der Waals surface area contributed by atoms with Gasteiger partial charge in [-0.05, 0) is 63.5 Å². The highest BCUT2D eigenvalue weighted by Crippen LogP contribution is 2.47. The van der Waals surface area contributed by atoms with E-state index in [1.165, 1.54) is 10.5 Å². The number of amides is 4. The van der Waals surface area contributed by atoms with Crippen molar-refractivity contribution in [2.24, 2.45) is 5.92 Å². The molecule has 5 atom stereocenters. The van der Waals surface area contributed by atoms with Crippen LogP contribution in [0.2, 0.25) is 0 Å². The normalized spacial score (nSPS) is 29.0. The van der Waals surface area contributed by atoms with Gasteiger partial charge in [0.05, 0.1) is 6.54 Å². The first-order valence-corrected chi connectivity index (χ1v) is 16.7. The summed E-state index contributed by atoms with van der Waals surface area (Å²) in [5.41, 5.74) is 0.0871. The largest absolute Gasteiger partial charge is 0.479 e. The van der Waals surface area contributed by atoms with E-state index in [0.29, 0.717) is 45.2 Å². The van der Waals surface area contributed by atoms with Gasteiger partial charge in [0.2, 0.25) is 11.8 Å². The van der Waals surface area contributed by atoms with Crippen molar-refractivity contribution in [3.63, 3.8) is 0 Å². The molecule has 3 fully saturated rings. The summed E-state index contributed by atoms with van der Waals surface area (Å²) in [6.45, 7) is 6.04. The number of alkyl carbamates (subject to hydrolysis) is 1. The van der Waals surface area contributed by atoms with Gasteiger partial charge >= 0.3 is 18.2 Å². The lowest BCUT2D eigenvalue weighted by Gasteiger charge is -2.30. The van der Waals surface area contributed by atoms with Crippen LogP contribution < -0.4 is 10.6 Å². The van der Waals surface area contributed by atoms with Gasteiger partial charge in [-0.1, -0.05) is 62.8 Å². The van der Waals surface area contributed by atoms with E-state index in [4.69, 9.17) is 9.47 Å². The molecule has 1 saturated carbocycles. The topological polar surface area (TPSA) is 155 Å². The van der Waals surface area contributed by atoms with E-state index in [9.17, 15) is 29.1 Å². The maximum absolute atomic E-state index is 14.2. The average Bonchev–Trinajstić information content (AvgIpc) is 3.53. The molecule has 46 heavy (non-hydrogen) atoms. The third-order valence-corrected chi connectivity index (χ3v) is 9.62. The van der Waals surface area contributed by atoms with Crippen molar-refractivity contribution in [3.8, 4) is 0 Å². The Balaban J connectivity index is 1.36. The second-order valence-electron chi connectivity index (χ2n) is 14.3. The lowest BCUT2D eigenvalue weighted by Crippen LogP contribution is -2.56. The number of benzene rings is 1. The fourth-order valence-corrected chi connectivity index (χ4v) is 7.05. The molecular formula is C34H48N4O8. The minimum Gasteiger partial charge on any atom is -0.479 e. The summed E-state index contributed by atoms with van der Waals surface area (Å²) in [4.78, 5) is 69.4. The molecule has 1 aromatic rings. The molecule has 4 amide bonds. The Kier molecular flexibility index (Phi) is 10.1. The number of fused-ring (bicyclic) bond motifs is 3. The summed E-state index contributed by atoms with van der Waals surface area (Å²) >= 11 is 0. The van der Waals surface area contributed by atoms with Crippen LogP contribution in [0.3, 0.4) is 0 Å². The van der Waals surface area contributed by atoms with Gasteiger partial charge in [0, 0.05) is 19.5 Å². The number of carboxylic acids is 1. The first-order valence-electron chi connectivity index (χ1n) is 16.7. The lowest BCUT2D eigenvalue weighted by molar-refractivity contribution is -0.146. The number of carbonyl (C=O) groups is 5. The van der Waals surface area contributed by atoms with Crippen LogP contribution >= 0.6 is 0 Å². The minimum absolute atomic E-state index is 0.0211. The van der Waals surface area contributed by atoms with E-state index in [1.54, 1.807) is 25.7 Å². The zero-order chi connectivity index (χ0) is 33.1. The van der Waals surface area contributed by atoms with Crippen molar-refractivity contribution >= 4 is 30.0 Å². The molecule has 5 rings (SSSR count). The van der Waals surface area contributed by atoms with Gasteiger partial charge in [0.15, 0.2) is 0 Å². The Morgan fingerprint density at radius 1 is 1.00 bits per heavy atom. The van der Waals surface area contributed by atoms with Gasteiger partial charge in [-0.3, -0.25) is 9.59 Å². The fraction of sp³-hybridized carbons (Fsp3) is 0.676. The van der Waals surface area contributed by atoms with Crippen molar-refractivity contribution in [3.05, 3.63) is 35.4 Å². The van der Waals surface area contributed by atoms with Crippen molar-refractivity contribution in [2.75, 3.05) is 13.1 Å². The number of nitrogens with one attached hydrogen (secondary N) is 2. The molecule has 3 aliphatic heterocycles. The zero-order valence-electron chi connectivity index (χ0n) is 27.2. The predicted octanol–water partition coefficient (Wildman–Crippen LogP) is 4.14. The van der Waals surface area contributed by atoms with Gasteiger partial charge < -0.3 is 35.0 Å². The Morgan fingerprint density at radius 2 is 1.67 bits per heavy atom. The maximum Gasteiger partial charge on any atom is 0.410 e. The van der Waals surface area contributed by atoms with E-state index in [1.807, 2.05) is 24.3 Å². The smallest absolute Gasteiger partial charge is 0.410 e. The maximum atomic E-state index is 14.2. The van der Waals surface area contributed by atoms with Gasteiger partial charge in [-0.25, -0.2) is 14.4 Å². The van der Waals surface area contributed by atoms with Crippen LogP contribution in [0, 0.1) is 5.92 Å². The second kappa shape index (κ2) is 13.9. The molecule has 12 heteroatoms. The number of aliphatic carboxylic acids is 1. The number of carboxylic acid groups (broad SMARTS) is 1. The molecule has 4 aliphatic rings. The second-order valence-corrected chi connectivity index (χ2v) is 14.3. The van der Waals surface area contributed by atoms with Crippen LogP contribution in [0.15, 0.2) is 24.3 Å². The summed E-state index contributed by atoms with van der Waals surface area (Å²) < 4.78 is 11.3. The quantitative estimate of drug-likeness (QED) is 0.446. The van der Waals surface area contributed by atoms with E-state index in [-0.39, 0.29) is 18.9 Å². The van der Waals surface area contributed by atoms with Crippen LogP contribution in [0.25, 0.3) is 0 Å². The van der Waals surface area contributed by atoms with Crippen molar-refractivity contribution in [1.29, 1.82) is 0 Å². The molecule has 0 spiro atoms. The summed E-state index contributed by atoms with van der Waals surface area (Å²) in [5, 5.41) is 15.6. The fourth-order valence-electron chi connectivity index (χ4n) is 7.05. The number of rotatable bonds is 3. The zero-order valence-corrected chi connectivity index (χ0v) is 27.2. The SMILES string of the molecule is CC(C)(C)OC(=O)N[C@H]1CCCCCCCC[C@H]2C[C@@]2(C(=O)O)NC(=O)[C@@H]2C[C@@H](OC(=O)N3CCc4ccccc4C3)CN2C1=O. The molecule has 3 N–H and O–H groups in total. The first kappa shape index (κ1) is 33.5. The van der Waals surface area contributed by atoms with Crippen molar-refractivity contribution in [1.82, 2.24) is 20.4 Å². The van der Waals surface area contributed by atoms with Crippen LogP contribution in [-0.4, -0.2) is 87.3 Å². The molecule has 0 radical (unpaired) electrons. The minimum atomic E-state index is -1.37. The molecule has 0 bridgehead atoms. The lowest BCUT2D eigenvalue weighted by atomic mass is 10.0. The molecule has 252 valence electrons. The summed E-state index contributed by atoms with van der Waals surface area (Å²) in [7, 11) is 0. The Labute approximate surface area is 270 Å². The van der Waals surface area contributed by atoms with Crippen LogP contribution in [0.4, 0.5) is 9.59 Å².